The molecule has 0 amide bonds. The number of hydrogen-bond acceptors (Lipinski definition) is 7. The van der Waals surface area contributed by atoms with E-state index in [9.17, 15) is 14.7 Å². The summed E-state index contributed by atoms with van der Waals surface area (Å²) in [5, 5.41) is 13.1. The lowest BCUT2D eigenvalue weighted by molar-refractivity contribution is 0.0697. The van der Waals surface area contributed by atoms with Gasteiger partial charge in [0.15, 0.2) is 0 Å². The van der Waals surface area contributed by atoms with Crippen molar-refractivity contribution in [3.8, 4) is 5.69 Å². The number of nitrogens with one attached hydrogen (secondary N) is 1. The normalized spacial score (nSPS) is 14.3. The number of piperidine rings is 1. The number of pyridine rings is 1. The number of fused-ring (bicyclic) bond motifs is 1. The third-order valence-electron chi connectivity index (χ3n) is 7.07. The number of anilines is 3. The highest BCUT2D eigenvalue weighted by Gasteiger charge is 2.21. The Kier molecular flexibility index (Phi) is 7.05. The summed E-state index contributed by atoms with van der Waals surface area (Å²) >= 11 is 6.31. The minimum absolute atomic E-state index is 0.0360. The molecule has 2 N–H and O–H groups in total. The molecule has 0 unspecified atom stereocenters. The molecule has 1 aliphatic rings. The first-order valence-electron chi connectivity index (χ1n) is 12.4. The largest absolute Gasteiger partial charge is 0.478 e. The van der Waals surface area contributed by atoms with E-state index in [0.29, 0.717) is 22.9 Å². The average Bonchev–Trinajstić information content (AvgIpc) is 2.91. The van der Waals surface area contributed by atoms with E-state index in [1.165, 1.54) is 34.7 Å². The Labute approximate surface area is 225 Å². The van der Waals surface area contributed by atoms with Gasteiger partial charge in [0.05, 0.1) is 27.2 Å². The Bertz CT molecular complexity index is 1560. The van der Waals surface area contributed by atoms with Gasteiger partial charge in [-0.25, -0.2) is 14.8 Å². The van der Waals surface area contributed by atoms with Crippen molar-refractivity contribution >= 4 is 45.8 Å². The number of nitrogens with zero attached hydrogens (tertiary/aromatic N) is 5. The number of aromatic nitrogens is 3. The molecule has 196 valence electrons. The standard InChI is InChI=1S/C28H29ClN6O3/c1-17-16-35(24-14-18(27(37)38)4-9-23(24)29)26(36)22-15-30-28(32-25(17)22)31-19-5-7-21(8-6-19)34-12-10-20(11-13-34)33(2)3/h4-9,14-16,20H,10-13H2,1-3H3,(H,37,38)(H,30,31,32). The van der Waals surface area contributed by atoms with Crippen LogP contribution in [0.1, 0.15) is 28.8 Å². The van der Waals surface area contributed by atoms with Crippen LogP contribution in [-0.4, -0.2) is 63.7 Å². The number of carbonyl (C=O) groups is 1. The number of halogens is 1. The highest BCUT2D eigenvalue weighted by molar-refractivity contribution is 6.32. The Hall–Kier alpha value is -3.95. The molecular formula is C28H29ClN6O3. The molecule has 0 spiro atoms. The molecule has 0 aliphatic carbocycles. The summed E-state index contributed by atoms with van der Waals surface area (Å²) in [5.41, 5.74) is 3.20. The second-order valence-corrected chi connectivity index (χ2v) is 10.2. The second-order valence-electron chi connectivity index (χ2n) is 9.77. The van der Waals surface area contributed by atoms with Gasteiger partial charge in [0.1, 0.15) is 0 Å². The van der Waals surface area contributed by atoms with Gasteiger partial charge < -0.3 is 20.2 Å². The van der Waals surface area contributed by atoms with Crippen LogP contribution in [-0.2, 0) is 0 Å². The molecule has 1 fully saturated rings. The fourth-order valence-corrected chi connectivity index (χ4v) is 5.09. The van der Waals surface area contributed by atoms with Crippen LogP contribution in [0.25, 0.3) is 16.6 Å². The number of aromatic carboxylic acids is 1. The third-order valence-corrected chi connectivity index (χ3v) is 7.39. The van der Waals surface area contributed by atoms with Crippen molar-refractivity contribution < 1.29 is 9.90 Å². The highest BCUT2D eigenvalue weighted by Crippen LogP contribution is 2.26. The summed E-state index contributed by atoms with van der Waals surface area (Å²) in [7, 11) is 4.28. The lowest BCUT2D eigenvalue weighted by atomic mass is 10.0. The molecule has 9 nitrogen and oxygen atoms in total. The van der Waals surface area contributed by atoms with Crippen LogP contribution in [0.2, 0.25) is 5.02 Å². The van der Waals surface area contributed by atoms with Gasteiger partial charge in [0.2, 0.25) is 5.95 Å². The fraction of sp³-hybridized carbons (Fsp3) is 0.286. The van der Waals surface area contributed by atoms with Gasteiger partial charge in [-0.15, -0.1) is 0 Å². The van der Waals surface area contributed by atoms with Gasteiger partial charge >= 0.3 is 5.97 Å². The second kappa shape index (κ2) is 10.4. The maximum atomic E-state index is 13.3. The molecular weight excluding hydrogens is 504 g/mol. The first-order valence-corrected chi connectivity index (χ1v) is 12.8. The van der Waals surface area contributed by atoms with Crippen LogP contribution in [0.15, 0.2) is 59.7 Å². The van der Waals surface area contributed by atoms with Gasteiger partial charge in [-0.3, -0.25) is 9.36 Å². The number of aryl methyl sites for hydroxylation is 1. The van der Waals surface area contributed by atoms with E-state index in [2.05, 4.69) is 51.3 Å². The van der Waals surface area contributed by atoms with Crippen LogP contribution in [0.3, 0.4) is 0 Å². The van der Waals surface area contributed by atoms with Crippen LogP contribution >= 0.6 is 11.6 Å². The summed E-state index contributed by atoms with van der Waals surface area (Å²) in [5.74, 6) is -0.724. The van der Waals surface area contributed by atoms with Gasteiger partial charge in [0.25, 0.3) is 5.56 Å². The minimum Gasteiger partial charge on any atom is -0.478 e. The summed E-state index contributed by atoms with van der Waals surface area (Å²) in [6.07, 6.45) is 5.39. The lowest BCUT2D eigenvalue weighted by Gasteiger charge is -2.36. The molecule has 2 aromatic heterocycles. The van der Waals surface area contributed by atoms with Crippen LogP contribution in [0.5, 0.6) is 0 Å². The Morgan fingerprint density at radius 3 is 2.50 bits per heavy atom. The monoisotopic (exact) mass is 532 g/mol. The SMILES string of the molecule is Cc1cn(-c2cc(C(=O)O)ccc2Cl)c(=O)c2cnc(Nc3ccc(N4CCC(N(C)C)CC4)cc3)nc12. The fourth-order valence-electron chi connectivity index (χ4n) is 4.88. The van der Waals surface area contributed by atoms with Crippen molar-refractivity contribution in [2.75, 3.05) is 37.4 Å². The molecule has 1 aliphatic heterocycles. The Balaban J connectivity index is 1.38. The molecule has 5 rings (SSSR count). The Morgan fingerprint density at radius 1 is 1.13 bits per heavy atom. The van der Waals surface area contributed by atoms with Crippen LogP contribution < -0.4 is 15.8 Å². The topological polar surface area (TPSA) is 104 Å². The summed E-state index contributed by atoms with van der Waals surface area (Å²) in [6, 6.07) is 13.1. The van der Waals surface area contributed by atoms with E-state index in [1.54, 1.807) is 6.20 Å². The van der Waals surface area contributed by atoms with Gasteiger partial charge in [-0.05, 0) is 81.9 Å². The quantitative estimate of drug-likeness (QED) is 0.368. The van der Waals surface area contributed by atoms with E-state index in [1.807, 2.05) is 19.1 Å². The minimum atomic E-state index is -1.10. The van der Waals surface area contributed by atoms with Crippen molar-refractivity contribution in [3.05, 3.63) is 81.4 Å². The number of carboxylic acids is 1. The number of rotatable bonds is 6. The van der Waals surface area contributed by atoms with Gasteiger partial charge in [-0.2, -0.15) is 0 Å². The number of carboxylic acid groups (broad SMARTS) is 1. The molecule has 0 saturated carbocycles. The van der Waals surface area contributed by atoms with Crippen molar-refractivity contribution in [1.29, 1.82) is 0 Å². The zero-order chi connectivity index (χ0) is 27.0. The van der Waals surface area contributed by atoms with Crippen LogP contribution in [0.4, 0.5) is 17.3 Å². The molecule has 38 heavy (non-hydrogen) atoms. The first kappa shape index (κ1) is 25.7. The number of benzene rings is 2. The first-order chi connectivity index (χ1) is 18.2. The lowest BCUT2D eigenvalue weighted by Crippen LogP contribution is -2.41. The molecule has 2 aromatic carbocycles. The molecule has 3 heterocycles. The van der Waals surface area contributed by atoms with Crippen molar-refractivity contribution in [2.45, 2.75) is 25.8 Å². The summed E-state index contributed by atoms with van der Waals surface area (Å²) in [4.78, 5) is 38.4. The van der Waals surface area contributed by atoms with E-state index in [4.69, 9.17) is 11.6 Å². The maximum Gasteiger partial charge on any atom is 0.335 e. The number of hydrogen-bond donors (Lipinski definition) is 2. The average molecular weight is 533 g/mol. The zero-order valence-electron chi connectivity index (χ0n) is 21.5. The van der Waals surface area contributed by atoms with E-state index < -0.39 is 5.97 Å². The molecule has 10 heteroatoms. The maximum absolute atomic E-state index is 13.3. The van der Waals surface area contributed by atoms with E-state index in [-0.39, 0.29) is 21.8 Å². The smallest absolute Gasteiger partial charge is 0.335 e. The highest BCUT2D eigenvalue weighted by atomic mass is 35.5. The van der Waals surface area contributed by atoms with E-state index in [0.717, 1.165) is 37.2 Å². The summed E-state index contributed by atoms with van der Waals surface area (Å²) in [6.45, 7) is 3.90. The van der Waals surface area contributed by atoms with Crippen molar-refractivity contribution in [3.63, 3.8) is 0 Å². The zero-order valence-corrected chi connectivity index (χ0v) is 22.2. The van der Waals surface area contributed by atoms with Gasteiger partial charge in [0, 0.05) is 42.9 Å². The molecule has 1 saturated heterocycles. The molecule has 0 atom stereocenters. The predicted octanol–water partition coefficient (Wildman–Crippen LogP) is 4.71. The van der Waals surface area contributed by atoms with Gasteiger partial charge in [-0.1, -0.05) is 11.6 Å². The van der Waals surface area contributed by atoms with Crippen LogP contribution in [0, 0.1) is 6.92 Å². The third kappa shape index (κ3) is 5.07. The predicted molar refractivity (Wildman–Crippen MR) is 150 cm³/mol. The van der Waals surface area contributed by atoms with E-state index >= 15 is 0 Å². The molecule has 0 bridgehead atoms. The summed E-state index contributed by atoms with van der Waals surface area (Å²) < 4.78 is 1.34. The molecule has 0 radical (unpaired) electrons. The van der Waals surface area contributed by atoms with Crippen molar-refractivity contribution in [2.24, 2.45) is 0 Å². The molecule has 4 aromatic rings. The van der Waals surface area contributed by atoms with Crippen molar-refractivity contribution in [1.82, 2.24) is 19.4 Å². The Morgan fingerprint density at radius 2 is 1.84 bits per heavy atom.